The Morgan fingerprint density at radius 3 is 2.03 bits per heavy atom. The van der Waals surface area contributed by atoms with Gasteiger partial charge in [0.2, 0.25) is 0 Å². The van der Waals surface area contributed by atoms with Crippen LogP contribution < -0.4 is 5.73 Å². The fourth-order valence-electron chi connectivity index (χ4n) is 2.55. The molecule has 0 atom stereocenters. The lowest BCUT2D eigenvalue weighted by atomic mass is 10.2. The molecule has 0 aliphatic heterocycles. The molecule has 4 rings (SSSR count). The first-order chi connectivity index (χ1) is 14.1. The van der Waals surface area contributed by atoms with Crippen LogP contribution in [0.1, 0.15) is 18.1 Å². The van der Waals surface area contributed by atoms with Crippen LogP contribution in [0.5, 0.6) is 0 Å². The van der Waals surface area contributed by atoms with E-state index in [4.69, 9.17) is 28.9 Å². The monoisotopic (exact) mass is 425 g/mol. The van der Waals surface area contributed by atoms with Crippen molar-refractivity contribution in [3.8, 4) is 23.2 Å². The molecule has 0 fully saturated rings. The second-order valence-corrected chi connectivity index (χ2v) is 6.57. The number of hydrogen-bond donors (Lipinski definition) is 1. The van der Waals surface area contributed by atoms with Crippen molar-refractivity contribution < 1.29 is 0 Å². The summed E-state index contributed by atoms with van der Waals surface area (Å²) in [4.78, 5) is 7.77. The van der Waals surface area contributed by atoms with Gasteiger partial charge >= 0.3 is 0 Å². The fraction of sp³-hybridized carbons (Fsp3) is 0.100. The predicted molar refractivity (Wildman–Crippen MR) is 113 cm³/mol. The summed E-state index contributed by atoms with van der Waals surface area (Å²) in [6, 6.07) is 11.0. The van der Waals surface area contributed by atoms with E-state index in [1.54, 1.807) is 41.1 Å². The molecule has 29 heavy (non-hydrogen) atoms. The molecular weight excluding hydrogens is 409 g/mol. The molecule has 2 N–H and O–H groups in total. The Hall–Kier alpha value is -3.18. The third-order valence-electron chi connectivity index (χ3n) is 3.81. The van der Waals surface area contributed by atoms with Crippen molar-refractivity contribution in [3.05, 3.63) is 82.9 Å². The Morgan fingerprint density at radius 1 is 0.897 bits per heavy atom. The molecule has 2 heterocycles. The van der Waals surface area contributed by atoms with Gasteiger partial charge in [-0.15, -0.1) is 5.92 Å². The number of benzene rings is 2. The van der Waals surface area contributed by atoms with Crippen LogP contribution in [0.3, 0.4) is 0 Å². The van der Waals surface area contributed by atoms with E-state index in [1.807, 2.05) is 24.3 Å². The molecule has 146 valence electrons. The molecule has 0 bridgehead atoms. The number of nitrogens with two attached hydrogens (primary N) is 1. The van der Waals surface area contributed by atoms with Gasteiger partial charge in [-0.05, 0) is 48.9 Å². The van der Waals surface area contributed by atoms with Crippen LogP contribution in [0.4, 0.5) is 0 Å². The average Bonchev–Trinajstić information content (AvgIpc) is 3.43. The fourth-order valence-corrected chi connectivity index (χ4v) is 2.92. The van der Waals surface area contributed by atoms with Gasteiger partial charge in [0.1, 0.15) is 25.3 Å². The van der Waals surface area contributed by atoms with Crippen LogP contribution in [0.25, 0.3) is 11.4 Å². The van der Waals surface area contributed by atoms with Crippen LogP contribution in [0.15, 0.2) is 61.7 Å². The van der Waals surface area contributed by atoms with Crippen molar-refractivity contribution in [2.24, 2.45) is 5.73 Å². The summed E-state index contributed by atoms with van der Waals surface area (Å²) in [6.07, 6.45) is 6.22. The highest BCUT2D eigenvalue weighted by Gasteiger charge is 2.05. The van der Waals surface area contributed by atoms with Gasteiger partial charge in [-0.25, -0.2) is 19.3 Å². The molecule has 0 spiro atoms. The smallest absolute Gasteiger partial charge is 0.138 e. The summed E-state index contributed by atoms with van der Waals surface area (Å²) >= 11 is 11.8. The van der Waals surface area contributed by atoms with E-state index in [0.29, 0.717) is 16.6 Å². The van der Waals surface area contributed by atoms with Crippen molar-refractivity contribution in [1.29, 1.82) is 0 Å². The summed E-state index contributed by atoms with van der Waals surface area (Å²) in [7, 11) is 0. The molecule has 2 aromatic heterocycles. The molecule has 0 unspecified atom stereocenters. The van der Waals surface area contributed by atoms with Crippen LogP contribution >= 0.6 is 23.2 Å². The van der Waals surface area contributed by atoms with Gasteiger partial charge < -0.3 is 5.73 Å². The maximum absolute atomic E-state index is 5.90. The molecule has 9 heteroatoms. The molecule has 7 nitrogen and oxygen atoms in total. The molecule has 4 aromatic rings. The molecular formula is C20H17Cl2N7. The lowest BCUT2D eigenvalue weighted by Crippen LogP contribution is -2.04. The van der Waals surface area contributed by atoms with E-state index in [9.17, 15) is 0 Å². The SMILES string of the molecule is CC#Cc1cc(Cl)ccc1-n1cncn1.NCc1cc(Cl)ccc1-n1cncn1. The molecule has 0 amide bonds. The maximum Gasteiger partial charge on any atom is 0.138 e. The van der Waals surface area contributed by atoms with Gasteiger partial charge in [0.25, 0.3) is 0 Å². The van der Waals surface area contributed by atoms with Crippen LogP contribution in [0.2, 0.25) is 10.0 Å². The largest absolute Gasteiger partial charge is 0.326 e. The third kappa shape index (κ3) is 5.21. The summed E-state index contributed by atoms with van der Waals surface area (Å²) in [5.41, 5.74) is 9.19. The summed E-state index contributed by atoms with van der Waals surface area (Å²) < 4.78 is 3.33. The Balaban J connectivity index is 0.000000166. The molecule has 0 aliphatic carbocycles. The summed E-state index contributed by atoms with van der Waals surface area (Å²) in [6.45, 7) is 2.21. The van der Waals surface area contributed by atoms with Gasteiger partial charge in [0, 0.05) is 16.6 Å². The molecule has 2 aromatic carbocycles. The molecule has 0 aliphatic rings. The van der Waals surface area contributed by atoms with Gasteiger partial charge in [-0.3, -0.25) is 0 Å². The Kier molecular flexibility index (Phi) is 6.98. The zero-order chi connectivity index (χ0) is 20.6. The Morgan fingerprint density at radius 2 is 1.48 bits per heavy atom. The Bertz CT molecular complexity index is 1130. The van der Waals surface area contributed by atoms with Crippen LogP contribution in [0, 0.1) is 11.8 Å². The quantitative estimate of drug-likeness (QED) is 0.505. The van der Waals surface area contributed by atoms with Crippen molar-refractivity contribution in [3.63, 3.8) is 0 Å². The summed E-state index contributed by atoms with van der Waals surface area (Å²) in [5, 5.41) is 9.42. The molecule has 0 saturated heterocycles. The zero-order valence-electron chi connectivity index (χ0n) is 15.5. The second-order valence-electron chi connectivity index (χ2n) is 5.69. The van der Waals surface area contributed by atoms with Gasteiger partial charge in [-0.2, -0.15) is 10.2 Å². The van der Waals surface area contributed by atoms with E-state index < -0.39 is 0 Å². The highest BCUT2D eigenvalue weighted by atomic mass is 35.5. The van der Waals surface area contributed by atoms with E-state index >= 15 is 0 Å². The van der Waals surface area contributed by atoms with Crippen molar-refractivity contribution in [2.45, 2.75) is 13.5 Å². The maximum atomic E-state index is 5.90. The number of hydrogen-bond acceptors (Lipinski definition) is 5. The highest BCUT2D eigenvalue weighted by molar-refractivity contribution is 6.31. The topological polar surface area (TPSA) is 87.4 Å². The minimum Gasteiger partial charge on any atom is -0.326 e. The first kappa shape index (κ1) is 20.6. The third-order valence-corrected chi connectivity index (χ3v) is 4.28. The number of nitrogens with zero attached hydrogens (tertiary/aromatic N) is 6. The number of aromatic nitrogens is 6. The lowest BCUT2D eigenvalue weighted by molar-refractivity contribution is 0.857. The summed E-state index contributed by atoms with van der Waals surface area (Å²) in [5.74, 6) is 5.83. The highest BCUT2D eigenvalue weighted by Crippen LogP contribution is 2.19. The first-order valence-corrected chi connectivity index (χ1v) is 9.28. The Labute approximate surface area is 178 Å². The second kappa shape index (κ2) is 9.85. The number of rotatable bonds is 3. The molecule has 0 radical (unpaired) electrons. The lowest BCUT2D eigenvalue weighted by Gasteiger charge is -2.06. The van der Waals surface area contributed by atoms with Crippen LogP contribution in [-0.2, 0) is 6.54 Å². The van der Waals surface area contributed by atoms with E-state index in [0.717, 1.165) is 22.5 Å². The average molecular weight is 426 g/mol. The zero-order valence-corrected chi connectivity index (χ0v) is 17.0. The van der Waals surface area contributed by atoms with E-state index in [-0.39, 0.29) is 0 Å². The molecule has 0 saturated carbocycles. The first-order valence-electron chi connectivity index (χ1n) is 8.53. The normalized spacial score (nSPS) is 9.93. The van der Waals surface area contributed by atoms with E-state index in [1.165, 1.54) is 12.7 Å². The van der Waals surface area contributed by atoms with Crippen molar-refractivity contribution >= 4 is 23.2 Å². The van der Waals surface area contributed by atoms with Gasteiger partial charge in [0.05, 0.1) is 16.9 Å². The number of halogens is 2. The van der Waals surface area contributed by atoms with Crippen molar-refractivity contribution in [1.82, 2.24) is 29.5 Å². The van der Waals surface area contributed by atoms with Crippen LogP contribution in [-0.4, -0.2) is 29.5 Å². The standard InChI is InChI=1S/C11H8ClN3.C9H9ClN4/c1-2-3-9-6-10(12)4-5-11(9)15-8-13-7-14-15;10-8-1-2-9(7(3-8)4-11)14-6-12-5-13-14/h4-8H,1H3;1-3,5-6H,4,11H2. The van der Waals surface area contributed by atoms with E-state index in [2.05, 4.69) is 32.0 Å². The minimum atomic E-state index is 0.426. The van der Waals surface area contributed by atoms with Gasteiger partial charge in [0.15, 0.2) is 0 Å². The van der Waals surface area contributed by atoms with Gasteiger partial charge in [-0.1, -0.05) is 29.1 Å². The predicted octanol–water partition coefficient (Wildman–Crippen LogP) is 3.67. The van der Waals surface area contributed by atoms with Crippen molar-refractivity contribution in [2.75, 3.05) is 0 Å². The minimum absolute atomic E-state index is 0.426.